The smallest absolute Gasteiger partial charge is 0.309 e. The second-order valence-electron chi connectivity index (χ2n) is 13.2. The fraction of sp³-hybridized carbons (Fsp3) is 0.943. The van der Waals surface area contributed by atoms with E-state index in [0.29, 0.717) is 12.8 Å². The van der Waals surface area contributed by atoms with E-state index in [1.54, 1.807) is 0 Å². The number of Topliss-reactive ketones (excluding diaryl/α,β-unsaturated/α-hetero) is 1. The number of ketones is 1. The molecule has 6 heteroatoms. The van der Waals surface area contributed by atoms with Gasteiger partial charge in [0.05, 0.1) is 30.3 Å². The maximum atomic E-state index is 11.8. The molecule has 2 saturated heterocycles. The Bertz CT molecular complexity index is 682. The number of aliphatic hydroxyl groups excluding tert-OH is 2. The molecule has 0 amide bonds. The molecular formula is C35H64O6. The van der Waals surface area contributed by atoms with Crippen LogP contribution in [0.25, 0.3) is 0 Å². The SMILES string of the molecule is CCCCCCCCCCCC[C@@H](O)[C@H]1CC[C@H]([C@H](O)CCCCCCCCCC[C@H]2C[C@H](CC(C)=O)C(=O)O2)O1. The summed E-state index contributed by atoms with van der Waals surface area (Å²) in [7, 11) is 0. The van der Waals surface area contributed by atoms with Crippen LogP contribution in [0.5, 0.6) is 0 Å². The minimum atomic E-state index is -0.413. The molecule has 2 fully saturated rings. The van der Waals surface area contributed by atoms with Gasteiger partial charge in [-0.2, -0.15) is 0 Å². The van der Waals surface area contributed by atoms with Crippen molar-refractivity contribution in [2.75, 3.05) is 0 Å². The number of rotatable bonds is 26. The third-order valence-corrected chi connectivity index (χ3v) is 9.27. The first-order valence-corrected chi connectivity index (χ1v) is 17.6. The number of cyclic esters (lactones) is 1. The lowest BCUT2D eigenvalue weighted by Gasteiger charge is -2.22. The Morgan fingerprint density at radius 3 is 1.63 bits per heavy atom. The zero-order chi connectivity index (χ0) is 29.7. The van der Waals surface area contributed by atoms with Crippen LogP contribution in [-0.4, -0.2) is 52.5 Å². The van der Waals surface area contributed by atoms with Crippen molar-refractivity contribution in [3.8, 4) is 0 Å². The number of hydrogen-bond donors (Lipinski definition) is 2. The zero-order valence-corrected chi connectivity index (χ0v) is 26.7. The summed E-state index contributed by atoms with van der Waals surface area (Å²) in [5, 5.41) is 21.2. The van der Waals surface area contributed by atoms with Crippen LogP contribution in [0.15, 0.2) is 0 Å². The summed E-state index contributed by atoms with van der Waals surface area (Å²) >= 11 is 0. The van der Waals surface area contributed by atoms with E-state index in [2.05, 4.69) is 6.92 Å². The van der Waals surface area contributed by atoms with Gasteiger partial charge in [-0.05, 0) is 51.9 Å². The van der Waals surface area contributed by atoms with E-state index in [9.17, 15) is 19.8 Å². The molecule has 0 saturated carbocycles. The molecule has 6 atom stereocenters. The normalized spacial score (nSPS) is 24.0. The highest BCUT2D eigenvalue weighted by Crippen LogP contribution is 2.29. The van der Waals surface area contributed by atoms with Crippen LogP contribution >= 0.6 is 0 Å². The van der Waals surface area contributed by atoms with Gasteiger partial charge in [-0.1, -0.05) is 116 Å². The number of carbonyl (C=O) groups is 2. The number of ether oxygens (including phenoxy) is 2. The minimum Gasteiger partial charge on any atom is -0.462 e. The minimum absolute atomic E-state index is 0.00482. The molecule has 2 rings (SSSR count). The summed E-state index contributed by atoms with van der Waals surface area (Å²) in [5.74, 6) is -0.345. The van der Waals surface area contributed by atoms with E-state index < -0.39 is 12.2 Å². The van der Waals surface area contributed by atoms with Crippen LogP contribution in [-0.2, 0) is 19.1 Å². The maximum absolute atomic E-state index is 11.8. The van der Waals surface area contributed by atoms with E-state index in [1.165, 1.54) is 90.4 Å². The first-order chi connectivity index (χ1) is 19.9. The highest BCUT2D eigenvalue weighted by atomic mass is 16.6. The summed E-state index contributed by atoms with van der Waals surface area (Å²) in [6.07, 6.45) is 26.6. The van der Waals surface area contributed by atoms with Gasteiger partial charge in [0, 0.05) is 6.42 Å². The fourth-order valence-electron chi connectivity index (χ4n) is 6.67. The van der Waals surface area contributed by atoms with E-state index in [4.69, 9.17) is 9.47 Å². The summed E-state index contributed by atoms with van der Waals surface area (Å²) < 4.78 is 11.5. The van der Waals surface area contributed by atoms with Crippen molar-refractivity contribution in [3.05, 3.63) is 0 Å². The summed E-state index contributed by atoms with van der Waals surface area (Å²) in [6, 6.07) is 0. The van der Waals surface area contributed by atoms with Gasteiger partial charge in [-0.25, -0.2) is 0 Å². The van der Waals surface area contributed by atoms with Gasteiger partial charge in [0.2, 0.25) is 0 Å². The van der Waals surface area contributed by atoms with Crippen LogP contribution in [0.4, 0.5) is 0 Å². The quantitative estimate of drug-likeness (QED) is 0.0788. The molecule has 2 N–H and O–H groups in total. The van der Waals surface area contributed by atoms with E-state index >= 15 is 0 Å². The predicted octanol–water partition coefficient (Wildman–Crippen LogP) is 8.38. The van der Waals surface area contributed by atoms with Crippen LogP contribution in [0.1, 0.15) is 174 Å². The maximum Gasteiger partial charge on any atom is 0.309 e. The Hall–Kier alpha value is -0.980. The monoisotopic (exact) mass is 580 g/mol. The van der Waals surface area contributed by atoms with Crippen LogP contribution in [0, 0.1) is 5.92 Å². The van der Waals surface area contributed by atoms with Crippen molar-refractivity contribution >= 4 is 11.8 Å². The average molecular weight is 581 g/mol. The molecule has 240 valence electrons. The number of esters is 1. The van der Waals surface area contributed by atoms with Crippen molar-refractivity contribution < 1.29 is 29.3 Å². The molecule has 0 unspecified atom stereocenters. The third-order valence-electron chi connectivity index (χ3n) is 9.27. The largest absolute Gasteiger partial charge is 0.462 e. The Labute approximate surface area is 251 Å². The van der Waals surface area contributed by atoms with Crippen molar-refractivity contribution in [2.24, 2.45) is 5.92 Å². The molecule has 0 radical (unpaired) electrons. The topological polar surface area (TPSA) is 93.1 Å². The van der Waals surface area contributed by atoms with Gasteiger partial charge in [0.25, 0.3) is 0 Å². The molecule has 2 aliphatic rings. The molecule has 0 aromatic rings. The van der Waals surface area contributed by atoms with Gasteiger partial charge in [-0.3, -0.25) is 4.79 Å². The predicted molar refractivity (Wildman–Crippen MR) is 166 cm³/mol. The molecule has 2 aliphatic heterocycles. The lowest BCUT2D eigenvalue weighted by molar-refractivity contribution is -0.145. The van der Waals surface area contributed by atoms with Gasteiger partial charge in [0.15, 0.2) is 0 Å². The Morgan fingerprint density at radius 1 is 0.732 bits per heavy atom. The van der Waals surface area contributed by atoms with Crippen molar-refractivity contribution in [3.63, 3.8) is 0 Å². The van der Waals surface area contributed by atoms with Crippen molar-refractivity contribution in [2.45, 2.75) is 205 Å². The lowest BCUT2D eigenvalue weighted by atomic mass is 9.96. The molecule has 6 nitrogen and oxygen atoms in total. The first-order valence-electron chi connectivity index (χ1n) is 17.6. The molecule has 0 spiro atoms. The molecule has 0 aromatic carbocycles. The molecule has 0 aromatic heterocycles. The van der Waals surface area contributed by atoms with Gasteiger partial charge in [-0.15, -0.1) is 0 Å². The fourth-order valence-corrected chi connectivity index (χ4v) is 6.67. The summed E-state index contributed by atoms with van der Waals surface area (Å²) in [5.41, 5.74) is 0. The Kier molecular flexibility index (Phi) is 19.9. The molecular weight excluding hydrogens is 516 g/mol. The molecule has 0 bridgehead atoms. The number of unbranched alkanes of at least 4 members (excludes halogenated alkanes) is 16. The zero-order valence-electron chi connectivity index (χ0n) is 26.7. The average Bonchev–Trinajstić information content (AvgIpc) is 3.57. The van der Waals surface area contributed by atoms with Gasteiger partial charge >= 0.3 is 5.97 Å². The number of carbonyl (C=O) groups excluding carboxylic acids is 2. The van der Waals surface area contributed by atoms with Gasteiger partial charge < -0.3 is 24.5 Å². The van der Waals surface area contributed by atoms with Crippen LogP contribution in [0.3, 0.4) is 0 Å². The van der Waals surface area contributed by atoms with Crippen molar-refractivity contribution in [1.82, 2.24) is 0 Å². The Balaban J connectivity index is 1.37. The third kappa shape index (κ3) is 16.4. The van der Waals surface area contributed by atoms with E-state index in [-0.39, 0.29) is 36.0 Å². The highest BCUT2D eigenvalue weighted by molar-refractivity contribution is 5.83. The number of aliphatic hydroxyl groups is 2. The second-order valence-corrected chi connectivity index (χ2v) is 13.2. The Morgan fingerprint density at radius 2 is 1.17 bits per heavy atom. The van der Waals surface area contributed by atoms with Crippen LogP contribution < -0.4 is 0 Å². The first kappa shape index (κ1) is 36.2. The second kappa shape index (κ2) is 22.5. The van der Waals surface area contributed by atoms with Crippen LogP contribution in [0.2, 0.25) is 0 Å². The molecule has 0 aliphatic carbocycles. The standard InChI is InChI=1S/C35H64O6/c1-3-4-5-6-7-8-9-13-16-19-22-31(37)33-24-25-34(41-33)32(38)23-20-17-14-11-10-12-15-18-21-30-27-29(26-28(2)36)35(39)40-30/h29-34,37-38H,3-27H2,1-2H3/t29-,30-,31+,32+,33+,34+/m0/s1. The lowest BCUT2D eigenvalue weighted by Crippen LogP contribution is -2.31. The van der Waals surface area contributed by atoms with Crippen molar-refractivity contribution in [1.29, 1.82) is 0 Å². The molecule has 2 heterocycles. The highest BCUT2D eigenvalue weighted by Gasteiger charge is 2.35. The van der Waals surface area contributed by atoms with Gasteiger partial charge in [0.1, 0.15) is 11.9 Å². The summed E-state index contributed by atoms with van der Waals surface area (Å²) in [6.45, 7) is 3.80. The van der Waals surface area contributed by atoms with E-state index in [0.717, 1.165) is 64.2 Å². The summed E-state index contributed by atoms with van der Waals surface area (Å²) in [4.78, 5) is 23.1. The van der Waals surface area contributed by atoms with E-state index in [1.807, 2.05) is 0 Å². The molecule has 41 heavy (non-hydrogen) atoms. The number of hydrogen-bond acceptors (Lipinski definition) is 6.